The van der Waals surface area contributed by atoms with E-state index in [4.69, 9.17) is 10.6 Å². The number of aromatic nitrogens is 1. The lowest BCUT2D eigenvalue weighted by atomic mass is 10.1. The number of methoxy groups -OCH3 is 1. The summed E-state index contributed by atoms with van der Waals surface area (Å²) in [4.78, 5) is 11.9. The zero-order valence-electron chi connectivity index (χ0n) is 16.0. The largest absolute Gasteiger partial charge is 0.497 e. The Morgan fingerprint density at radius 3 is 2.63 bits per heavy atom. The highest BCUT2D eigenvalue weighted by Crippen LogP contribution is 2.30. The summed E-state index contributed by atoms with van der Waals surface area (Å²) in [5.74, 6) is 5.90. The third-order valence-corrected chi connectivity index (χ3v) is 5.10. The summed E-state index contributed by atoms with van der Waals surface area (Å²) in [5, 5.41) is 1.05. The van der Waals surface area contributed by atoms with Crippen LogP contribution in [0.4, 0.5) is 0 Å². The summed E-state index contributed by atoms with van der Waals surface area (Å²) in [6.45, 7) is 2.99. The molecule has 5 heteroatoms. The van der Waals surface area contributed by atoms with Crippen LogP contribution < -0.4 is 16.0 Å². The molecule has 0 saturated carbocycles. The first-order valence-electron chi connectivity index (χ1n) is 9.33. The van der Waals surface area contributed by atoms with E-state index in [0.717, 1.165) is 53.7 Å². The van der Waals surface area contributed by atoms with Crippen LogP contribution in [0.2, 0.25) is 0 Å². The van der Waals surface area contributed by atoms with E-state index in [-0.39, 0.29) is 12.3 Å². The molecule has 0 atom stereocenters. The molecule has 0 aliphatic carbocycles. The fourth-order valence-electron chi connectivity index (χ4n) is 3.62. The number of unbranched alkanes of at least 4 members (excludes halogenated alkanes) is 1. The van der Waals surface area contributed by atoms with Gasteiger partial charge in [-0.25, -0.2) is 5.84 Å². The molecular formula is C22H27N3O2. The molecule has 0 radical (unpaired) electrons. The third-order valence-electron chi connectivity index (χ3n) is 5.10. The van der Waals surface area contributed by atoms with Gasteiger partial charge >= 0.3 is 0 Å². The first kappa shape index (κ1) is 19.0. The van der Waals surface area contributed by atoms with Gasteiger partial charge in [0.05, 0.1) is 13.5 Å². The molecule has 0 saturated heterocycles. The average Bonchev–Trinajstić information content (AvgIpc) is 2.96. The Labute approximate surface area is 160 Å². The van der Waals surface area contributed by atoms with Crippen LogP contribution in [-0.4, -0.2) is 17.6 Å². The number of aryl methyl sites for hydroxylation is 2. The number of ether oxygens (including phenoxy) is 1. The number of hydrogen-bond donors (Lipinski definition) is 2. The maximum atomic E-state index is 11.9. The second kappa shape index (κ2) is 8.73. The molecule has 3 N–H and O–H groups in total. The standard InChI is InChI=1S/C22H27N3O2/c1-16-19(15-22(26)24-23)20-14-18(27-2)11-12-21(20)25(16)13-7-6-10-17-8-4-3-5-9-17/h3-5,8-9,11-12,14H,6-7,10,13,15,23H2,1-2H3,(H,24,26). The first-order chi connectivity index (χ1) is 13.1. The van der Waals surface area contributed by atoms with E-state index in [0.29, 0.717) is 0 Å². The molecule has 1 heterocycles. The summed E-state index contributed by atoms with van der Waals surface area (Å²) >= 11 is 0. The van der Waals surface area contributed by atoms with Crippen molar-refractivity contribution in [2.75, 3.05) is 7.11 Å². The maximum absolute atomic E-state index is 11.9. The van der Waals surface area contributed by atoms with Crippen molar-refractivity contribution in [2.45, 2.75) is 39.2 Å². The SMILES string of the molecule is COc1ccc2c(c1)c(CC(=O)NN)c(C)n2CCCCc1ccccc1. The van der Waals surface area contributed by atoms with Gasteiger partial charge in [0.15, 0.2) is 0 Å². The summed E-state index contributed by atoms with van der Waals surface area (Å²) in [7, 11) is 1.65. The Balaban J connectivity index is 1.81. The molecule has 5 nitrogen and oxygen atoms in total. The number of nitrogens with two attached hydrogens (primary N) is 1. The number of nitrogens with one attached hydrogen (secondary N) is 1. The van der Waals surface area contributed by atoms with Crippen molar-refractivity contribution in [3.63, 3.8) is 0 Å². The second-order valence-electron chi connectivity index (χ2n) is 6.79. The van der Waals surface area contributed by atoms with Gasteiger partial charge < -0.3 is 9.30 Å². The smallest absolute Gasteiger partial charge is 0.238 e. The lowest BCUT2D eigenvalue weighted by molar-refractivity contribution is -0.120. The normalized spacial score (nSPS) is 10.9. The second-order valence-corrected chi connectivity index (χ2v) is 6.79. The molecule has 0 spiro atoms. The Hall–Kier alpha value is -2.79. The fourth-order valence-corrected chi connectivity index (χ4v) is 3.62. The van der Waals surface area contributed by atoms with Gasteiger partial charge in [-0.1, -0.05) is 30.3 Å². The number of hydrogen-bond acceptors (Lipinski definition) is 3. The number of nitrogens with zero attached hydrogens (tertiary/aromatic N) is 1. The monoisotopic (exact) mass is 365 g/mol. The molecule has 0 aliphatic rings. The highest BCUT2D eigenvalue weighted by Gasteiger charge is 2.17. The molecule has 0 unspecified atom stereocenters. The van der Waals surface area contributed by atoms with E-state index in [1.165, 1.54) is 5.56 Å². The zero-order valence-corrected chi connectivity index (χ0v) is 16.0. The molecule has 27 heavy (non-hydrogen) atoms. The van der Waals surface area contributed by atoms with Gasteiger partial charge in [-0.05, 0) is 55.5 Å². The van der Waals surface area contributed by atoms with Gasteiger partial charge in [-0.2, -0.15) is 0 Å². The lowest BCUT2D eigenvalue weighted by Crippen LogP contribution is -2.31. The molecule has 0 bridgehead atoms. The van der Waals surface area contributed by atoms with Crippen molar-refractivity contribution >= 4 is 16.8 Å². The van der Waals surface area contributed by atoms with Crippen LogP contribution >= 0.6 is 0 Å². The van der Waals surface area contributed by atoms with Crippen molar-refractivity contribution in [1.29, 1.82) is 0 Å². The van der Waals surface area contributed by atoms with E-state index in [1.807, 2.05) is 18.2 Å². The first-order valence-corrected chi connectivity index (χ1v) is 9.33. The maximum Gasteiger partial charge on any atom is 0.238 e. The number of rotatable bonds is 8. The topological polar surface area (TPSA) is 69.3 Å². The van der Waals surface area contributed by atoms with Crippen LogP contribution in [0.5, 0.6) is 5.75 Å². The van der Waals surface area contributed by atoms with Crippen molar-refractivity contribution in [2.24, 2.45) is 5.84 Å². The highest BCUT2D eigenvalue weighted by molar-refractivity contribution is 5.91. The molecule has 0 aliphatic heterocycles. The van der Waals surface area contributed by atoms with Gasteiger partial charge in [0.2, 0.25) is 5.91 Å². The Bertz CT molecular complexity index is 916. The summed E-state index contributed by atoms with van der Waals surface area (Å²) in [6.07, 6.45) is 3.55. The highest BCUT2D eigenvalue weighted by atomic mass is 16.5. The predicted octanol–water partition coefficient (Wildman–Crippen LogP) is 3.51. The number of carbonyl (C=O) groups excluding carboxylic acids is 1. The minimum atomic E-state index is -0.191. The summed E-state index contributed by atoms with van der Waals surface area (Å²) in [5.41, 5.74) is 6.86. The van der Waals surface area contributed by atoms with Gasteiger partial charge in [0.25, 0.3) is 0 Å². The Kier molecular flexibility index (Phi) is 6.14. The molecule has 0 fully saturated rings. The van der Waals surface area contributed by atoms with Crippen LogP contribution in [0, 0.1) is 6.92 Å². The molecule has 3 aromatic rings. The van der Waals surface area contributed by atoms with E-state index < -0.39 is 0 Å². The van der Waals surface area contributed by atoms with Crippen molar-refractivity contribution < 1.29 is 9.53 Å². The minimum Gasteiger partial charge on any atom is -0.497 e. The van der Waals surface area contributed by atoms with Crippen LogP contribution in [0.15, 0.2) is 48.5 Å². The Morgan fingerprint density at radius 2 is 1.93 bits per heavy atom. The molecule has 2 aromatic carbocycles. The quantitative estimate of drug-likeness (QED) is 0.278. The average molecular weight is 365 g/mol. The third kappa shape index (κ3) is 4.31. The molecular weight excluding hydrogens is 338 g/mol. The van der Waals surface area contributed by atoms with Crippen LogP contribution in [0.3, 0.4) is 0 Å². The minimum absolute atomic E-state index is 0.191. The Morgan fingerprint density at radius 1 is 1.15 bits per heavy atom. The summed E-state index contributed by atoms with van der Waals surface area (Å²) in [6, 6.07) is 16.6. The fraction of sp³-hybridized carbons (Fsp3) is 0.318. The predicted molar refractivity (Wildman–Crippen MR) is 109 cm³/mol. The van der Waals surface area contributed by atoms with E-state index in [2.05, 4.69) is 47.2 Å². The molecule has 1 amide bonds. The van der Waals surface area contributed by atoms with Crippen molar-refractivity contribution in [1.82, 2.24) is 9.99 Å². The van der Waals surface area contributed by atoms with Crippen LogP contribution in [0.25, 0.3) is 10.9 Å². The lowest BCUT2D eigenvalue weighted by Gasteiger charge is -2.09. The van der Waals surface area contributed by atoms with Gasteiger partial charge in [0, 0.05) is 23.1 Å². The number of hydrazine groups is 1. The van der Waals surface area contributed by atoms with E-state index in [9.17, 15) is 4.79 Å². The number of carbonyl (C=O) groups is 1. The molecule has 3 rings (SSSR count). The summed E-state index contributed by atoms with van der Waals surface area (Å²) < 4.78 is 7.68. The number of amides is 1. The van der Waals surface area contributed by atoms with E-state index in [1.54, 1.807) is 7.11 Å². The van der Waals surface area contributed by atoms with Crippen molar-refractivity contribution in [3.05, 3.63) is 65.4 Å². The van der Waals surface area contributed by atoms with E-state index >= 15 is 0 Å². The number of benzene rings is 2. The molecule has 142 valence electrons. The van der Waals surface area contributed by atoms with Crippen LogP contribution in [-0.2, 0) is 24.2 Å². The molecule has 1 aromatic heterocycles. The zero-order chi connectivity index (χ0) is 19.2. The van der Waals surface area contributed by atoms with Gasteiger partial charge in [0.1, 0.15) is 5.75 Å². The van der Waals surface area contributed by atoms with Gasteiger partial charge in [-0.3, -0.25) is 10.2 Å². The van der Waals surface area contributed by atoms with Gasteiger partial charge in [-0.15, -0.1) is 0 Å². The van der Waals surface area contributed by atoms with Crippen molar-refractivity contribution in [3.8, 4) is 5.75 Å². The number of fused-ring (bicyclic) bond motifs is 1. The van der Waals surface area contributed by atoms with Crippen LogP contribution in [0.1, 0.15) is 29.7 Å².